The summed E-state index contributed by atoms with van der Waals surface area (Å²) in [6.07, 6.45) is 0. The van der Waals surface area contributed by atoms with Crippen LogP contribution in [-0.4, -0.2) is 0 Å². The number of hydrogen-bond donors (Lipinski definition) is 1. The van der Waals surface area contributed by atoms with Crippen LogP contribution in [0.25, 0.3) is 0 Å². The van der Waals surface area contributed by atoms with E-state index in [2.05, 4.69) is 5.32 Å². The molecule has 0 aliphatic rings. The number of anilines is 1. The van der Waals surface area contributed by atoms with Gasteiger partial charge in [-0.3, -0.25) is 0 Å². The summed E-state index contributed by atoms with van der Waals surface area (Å²) in [5, 5.41) is 11.6. The van der Waals surface area contributed by atoms with Crippen LogP contribution in [0.2, 0.25) is 5.02 Å². The highest BCUT2D eigenvalue weighted by molar-refractivity contribution is 6.30. The van der Waals surface area contributed by atoms with Crippen LogP contribution in [0.5, 0.6) is 0 Å². The number of nitriles is 1. The number of halogens is 3. The summed E-state index contributed by atoms with van der Waals surface area (Å²) in [6, 6.07) is 10.6. The van der Waals surface area contributed by atoms with Crippen molar-refractivity contribution in [3.8, 4) is 6.07 Å². The van der Waals surface area contributed by atoms with Crippen molar-refractivity contribution in [2.24, 2.45) is 0 Å². The normalized spacial score (nSPS) is 10.0. The second-order valence-electron chi connectivity index (χ2n) is 3.87. The zero-order valence-corrected chi connectivity index (χ0v) is 10.5. The molecule has 0 amide bonds. The van der Waals surface area contributed by atoms with E-state index >= 15 is 0 Å². The summed E-state index contributed by atoms with van der Waals surface area (Å²) in [5.41, 5.74) is 0.819. The van der Waals surface area contributed by atoms with Crippen molar-refractivity contribution in [3.05, 3.63) is 64.2 Å². The highest BCUT2D eigenvalue weighted by atomic mass is 35.5. The fourth-order valence-electron chi connectivity index (χ4n) is 1.61. The van der Waals surface area contributed by atoms with Gasteiger partial charge in [0.15, 0.2) is 0 Å². The van der Waals surface area contributed by atoms with Gasteiger partial charge in [0.25, 0.3) is 0 Å². The van der Waals surface area contributed by atoms with Crippen LogP contribution in [0.15, 0.2) is 36.4 Å². The molecule has 0 spiro atoms. The third-order valence-corrected chi connectivity index (χ3v) is 2.91. The van der Waals surface area contributed by atoms with Gasteiger partial charge in [-0.25, -0.2) is 8.78 Å². The third-order valence-electron chi connectivity index (χ3n) is 2.60. The summed E-state index contributed by atoms with van der Waals surface area (Å²) >= 11 is 5.56. The highest BCUT2D eigenvalue weighted by Gasteiger charge is 2.07. The number of hydrogen-bond acceptors (Lipinski definition) is 2. The smallest absolute Gasteiger partial charge is 0.145 e. The summed E-state index contributed by atoms with van der Waals surface area (Å²) in [4.78, 5) is 0. The second kappa shape index (κ2) is 5.68. The molecule has 0 aromatic heterocycles. The zero-order valence-electron chi connectivity index (χ0n) is 9.75. The molecule has 5 heteroatoms. The van der Waals surface area contributed by atoms with Crippen molar-refractivity contribution in [1.29, 1.82) is 5.26 Å². The number of nitrogens with zero attached hydrogens (tertiary/aromatic N) is 1. The van der Waals surface area contributed by atoms with Crippen LogP contribution in [0.1, 0.15) is 11.1 Å². The molecular formula is C14H9ClF2N2. The lowest BCUT2D eigenvalue weighted by molar-refractivity contribution is 0.609. The van der Waals surface area contributed by atoms with Crippen molar-refractivity contribution >= 4 is 17.3 Å². The second-order valence-corrected chi connectivity index (χ2v) is 4.28. The van der Waals surface area contributed by atoms with Crippen LogP contribution in [0.3, 0.4) is 0 Å². The Labute approximate surface area is 114 Å². The molecule has 0 saturated carbocycles. The summed E-state index contributed by atoms with van der Waals surface area (Å²) in [5.74, 6) is -1.11. The van der Waals surface area contributed by atoms with Gasteiger partial charge in [0.2, 0.25) is 0 Å². The van der Waals surface area contributed by atoms with Gasteiger partial charge in [0, 0.05) is 17.8 Å². The molecule has 0 radical (unpaired) electrons. The fraction of sp³-hybridized carbons (Fsp3) is 0.0714. The molecule has 1 N–H and O–H groups in total. The molecule has 2 nitrogen and oxygen atoms in total. The quantitative estimate of drug-likeness (QED) is 0.917. The molecule has 2 aromatic rings. The van der Waals surface area contributed by atoms with Crippen molar-refractivity contribution in [2.75, 3.05) is 5.32 Å². The minimum Gasteiger partial charge on any atom is -0.381 e. The Morgan fingerprint density at radius 3 is 2.68 bits per heavy atom. The maximum Gasteiger partial charge on any atom is 0.145 e. The third kappa shape index (κ3) is 3.01. The molecule has 0 heterocycles. The van der Waals surface area contributed by atoms with Gasteiger partial charge in [0.1, 0.15) is 17.7 Å². The van der Waals surface area contributed by atoms with Crippen LogP contribution in [0, 0.1) is 23.0 Å². The summed E-state index contributed by atoms with van der Waals surface area (Å²) in [7, 11) is 0. The van der Waals surface area contributed by atoms with Gasteiger partial charge in [-0.2, -0.15) is 5.26 Å². The lowest BCUT2D eigenvalue weighted by atomic mass is 10.1. The van der Waals surface area contributed by atoms with E-state index in [0.29, 0.717) is 11.3 Å². The summed E-state index contributed by atoms with van der Waals surface area (Å²) in [6.45, 7) is 0.155. The molecule has 19 heavy (non-hydrogen) atoms. The predicted octanol–water partition coefficient (Wildman–Crippen LogP) is 4.10. The van der Waals surface area contributed by atoms with E-state index in [0.717, 1.165) is 0 Å². The molecule has 0 bridgehead atoms. The number of nitrogens with one attached hydrogen (secondary N) is 1. The molecule has 96 valence electrons. The lowest BCUT2D eigenvalue weighted by Gasteiger charge is -2.08. The first-order valence-electron chi connectivity index (χ1n) is 5.48. The average molecular weight is 279 g/mol. The predicted molar refractivity (Wildman–Crippen MR) is 69.9 cm³/mol. The monoisotopic (exact) mass is 278 g/mol. The van der Waals surface area contributed by atoms with Crippen molar-refractivity contribution < 1.29 is 8.78 Å². The van der Waals surface area contributed by atoms with Crippen molar-refractivity contribution in [3.63, 3.8) is 0 Å². The van der Waals surface area contributed by atoms with E-state index in [1.165, 1.54) is 18.2 Å². The Kier molecular flexibility index (Phi) is 3.98. The minimum absolute atomic E-state index is 0.0124. The Balaban J connectivity index is 2.15. The molecule has 0 fully saturated rings. The van der Waals surface area contributed by atoms with E-state index in [1.807, 2.05) is 0 Å². The number of rotatable bonds is 3. The van der Waals surface area contributed by atoms with E-state index < -0.39 is 11.6 Å². The van der Waals surface area contributed by atoms with Crippen LogP contribution in [-0.2, 0) is 6.54 Å². The van der Waals surface area contributed by atoms with Gasteiger partial charge in [-0.05, 0) is 24.3 Å². The highest BCUT2D eigenvalue weighted by Crippen LogP contribution is 2.20. The van der Waals surface area contributed by atoms with E-state index in [9.17, 15) is 8.78 Å². The van der Waals surface area contributed by atoms with Gasteiger partial charge < -0.3 is 5.32 Å². The largest absolute Gasteiger partial charge is 0.381 e. The lowest BCUT2D eigenvalue weighted by Crippen LogP contribution is -2.03. The zero-order chi connectivity index (χ0) is 13.8. The van der Waals surface area contributed by atoms with Gasteiger partial charge in [-0.15, -0.1) is 0 Å². The molecular weight excluding hydrogens is 270 g/mol. The molecule has 2 rings (SSSR count). The Morgan fingerprint density at radius 1 is 1.21 bits per heavy atom. The number of benzene rings is 2. The van der Waals surface area contributed by atoms with Gasteiger partial charge >= 0.3 is 0 Å². The summed E-state index contributed by atoms with van der Waals surface area (Å²) < 4.78 is 27.0. The van der Waals surface area contributed by atoms with Crippen LogP contribution < -0.4 is 5.32 Å². The first-order chi connectivity index (χ1) is 9.11. The standard InChI is InChI=1S/C14H9ClF2N2/c15-12-5-4-11(6-13(12)16)19-8-10-3-1-2-9(7-18)14(10)17/h1-6,19H,8H2. The molecule has 0 atom stereocenters. The molecule has 0 aliphatic heterocycles. The van der Waals surface area contributed by atoms with E-state index in [4.69, 9.17) is 16.9 Å². The Hall–Kier alpha value is -2.12. The first kappa shape index (κ1) is 13.3. The first-order valence-corrected chi connectivity index (χ1v) is 5.86. The molecule has 0 saturated heterocycles. The van der Waals surface area contributed by atoms with Crippen LogP contribution in [0.4, 0.5) is 14.5 Å². The van der Waals surface area contributed by atoms with E-state index in [1.54, 1.807) is 24.3 Å². The SMILES string of the molecule is N#Cc1cccc(CNc2ccc(Cl)c(F)c2)c1F. The maximum absolute atomic E-state index is 13.8. The van der Waals surface area contributed by atoms with Gasteiger partial charge in [-0.1, -0.05) is 23.7 Å². The average Bonchev–Trinajstić information content (AvgIpc) is 2.41. The van der Waals surface area contributed by atoms with Crippen LogP contribution >= 0.6 is 11.6 Å². The van der Waals surface area contributed by atoms with Crippen molar-refractivity contribution in [1.82, 2.24) is 0 Å². The van der Waals surface area contributed by atoms with Gasteiger partial charge in [0.05, 0.1) is 10.6 Å². The Morgan fingerprint density at radius 2 is 2.00 bits per heavy atom. The molecule has 0 aliphatic carbocycles. The fourth-order valence-corrected chi connectivity index (χ4v) is 1.72. The van der Waals surface area contributed by atoms with Crippen molar-refractivity contribution in [2.45, 2.75) is 6.54 Å². The topological polar surface area (TPSA) is 35.8 Å². The minimum atomic E-state index is -0.563. The van der Waals surface area contributed by atoms with E-state index in [-0.39, 0.29) is 17.1 Å². The molecule has 0 unspecified atom stereocenters. The molecule has 2 aromatic carbocycles. The Bertz CT molecular complexity index is 650. The maximum atomic E-state index is 13.8.